The molecule has 0 aliphatic carbocycles. The number of amides is 1. The Kier molecular flexibility index (Phi) is 8.70. The van der Waals surface area contributed by atoms with E-state index in [0.717, 1.165) is 0 Å². The normalized spacial score (nSPS) is 15.4. The summed E-state index contributed by atoms with van der Waals surface area (Å²) in [6, 6.07) is -0.788. The number of terminal acetylenes is 1. The van der Waals surface area contributed by atoms with Crippen molar-refractivity contribution in [3.63, 3.8) is 0 Å². The Morgan fingerprint density at radius 3 is 2.57 bits per heavy atom. The van der Waals surface area contributed by atoms with Crippen molar-refractivity contribution in [3.8, 4) is 12.3 Å². The molecule has 0 rings (SSSR count). The fourth-order valence-electron chi connectivity index (χ4n) is 1.55. The van der Waals surface area contributed by atoms with Gasteiger partial charge in [-0.3, -0.25) is 0 Å². The molecule has 0 fully saturated rings. The summed E-state index contributed by atoms with van der Waals surface area (Å²) in [5.74, 6) is 2.34. The summed E-state index contributed by atoms with van der Waals surface area (Å²) in [6.07, 6.45) is 4.38. The predicted molar refractivity (Wildman–Crippen MR) is 79.6 cm³/mol. The minimum Gasteiger partial charge on any atom is -0.444 e. The van der Waals surface area contributed by atoms with Crippen molar-refractivity contribution in [2.75, 3.05) is 13.9 Å². The number of rotatable bonds is 8. The second kappa shape index (κ2) is 9.40. The van der Waals surface area contributed by atoms with Crippen LogP contribution in [0.3, 0.4) is 0 Å². The molecule has 3 atom stereocenters. The third-order valence-corrected chi connectivity index (χ3v) is 2.39. The van der Waals surface area contributed by atoms with E-state index in [-0.39, 0.29) is 13.2 Å². The number of carbonyl (C=O) groups excluding carboxylic acids is 1. The lowest BCUT2D eigenvalue weighted by Gasteiger charge is -2.30. The van der Waals surface area contributed by atoms with Gasteiger partial charge in [0.25, 0.3) is 0 Å². The molecule has 0 saturated carbocycles. The van der Waals surface area contributed by atoms with Crippen LogP contribution in [0.1, 0.15) is 27.2 Å². The molecule has 0 radical (unpaired) electrons. The van der Waals surface area contributed by atoms with Gasteiger partial charge in [-0.1, -0.05) is 6.08 Å². The van der Waals surface area contributed by atoms with Gasteiger partial charge in [0.15, 0.2) is 0 Å². The molecule has 2 unspecified atom stereocenters. The number of aliphatic hydroxyl groups is 1. The van der Waals surface area contributed by atoms with Crippen molar-refractivity contribution < 1.29 is 24.1 Å². The Labute approximate surface area is 126 Å². The van der Waals surface area contributed by atoms with E-state index in [1.807, 2.05) is 0 Å². The second-order valence-corrected chi connectivity index (χ2v) is 5.42. The number of nitrogens with one attached hydrogen (secondary N) is 1. The molecule has 2 N–H and O–H groups in total. The van der Waals surface area contributed by atoms with Gasteiger partial charge in [0.05, 0.1) is 12.1 Å². The van der Waals surface area contributed by atoms with E-state index in [1.165, 1.54) is 13.2 Å². The summed E-state index contributed by atoms with van der Waals surface area (Å²) < 4.78 is 15.3. The van der Waals surface area contributed by atoms with Crippen LogP contribution in [-0.2, 0) is 14.2 Å². The Balaban J connectivity index is 4.91. The number of aliphatic hydroxyl groups excluding tert-OH is 1. The van der Waals surface area contributed by atoms with Gasteiger partial charge in [-0.2, -0.15) is 0 Å². The van der Waals surface area contributed by atoms with E-state index in [9.17, 15) is 9.90 Å². The zero-order valence-corrected chi connectivity index (χ0v) is 13.1. The lowest BCUT2D eigenvalue weighted by atomic mass is 10.0. The molecule has 1 amide bonds. The summed E-state index contributed by atoms with van der Waals surface area (Å²) in [4.78, 5) is 11.9. The summed E-state index contributed by atoms with van der Waals surface area (Å²) in [5.41, 5.74) is -0.650. The molecular weight excluding hydrogens is 274 g/mol. The van der Waals surface area contributed by atoms with Gasteiger partial charge in [0.1, 0.15) is 18.5 Å². The average molecular weight is 299 g/mol. The Bertz CT molecular complexity index is 369. The van der Waals surface area contributed by atoms with Crippen molar-refractivity contribution in [1.29, 1.82) is 0 Å². The highest BCUT2D eigenvalue weighted by Gasteiger charge is 2.30. The van der Waals surface area contributed by atoms with Gasteiger partial charge in [0.2, 0.25) is 0 Å². The molecule has 6 nitrogen and oxygen atoms in total. The van der Waals surface area contributed by atoms with Crippen molar-refractivity contribution >= 4 is 6.09 Å². The smallest absolute Gasteiger partial charge is 0.408 e. The van der Waals surface area contributed by atoms with E-state index < -0.39 is 29.9 Å². The largest absolute Gasteiger partial charge is 0.444 e. The first-order valence-electron chi connectivity index (χ1n) is 6.59. The molecule has 21 heavy (non-hydrogen) atoms. The monoisotopic (exact) mass is 299 g/mol. The van der Waals surface area contributed by atoms with E-state index in [0.29, 0.717) is 0 Å². The molecular formula is C15H25NO5. The first kappa shape index (κ1) is 19.4. The summed E-state index contributed by atoms with van der Waals surface area (Å²) in [5, 5.41) is 12.6. The van der Waals surface area contributed by atoms with Gasteiger partial charge in [-0.05, 0) is 20.8 Å². The van der Waals surface area contributed by atoms with Crippen molar-refractivity contribution in [2.24, 2.45) is 0 Å². The van der Waals surface area contributed by atoms with Crippen LogP contribution >= 0.6 is 0 Å². The highest BCUT2D eigenvalue weighted by Crippen LogP contribution is 2.12. The van der Waals surface area contributed by atoms with Gasteiger partial charge in [-0.15, -0.1) is 18.9 Å². The molecule has 0 aromatic carbocycles. The van der Waals surface area contributed by atoms with E-state index in [2.05, 4.69) is 17.8 Å². The van der Waals surface area contributed by atoms with Crippen LogP contribution < -0.4 is 5.32 Å². The molecule has 0 bridgehead atoms. The van der Waals surface area contributed by atoms with Crippen LogP contribution in [0.15, 0.2) is 12.7 Å². The standard InChI is InChI=1S/C15H25NO5/c1-7-9-11(17)13(12(8-2)20-10-19-6)16-14(18)21-15(3,4)5/h1,8,11-13,17H,2,9-10H2,3-6H3,(H,16,18)/t11?,12?,13-/m0/s1. The molecule has 0 heterocycles. The number of methoxy groups -OCH3 is 1. The van der Waals surface area contributed by atoms with Gasteiger partial charge < -0.3 is 24.6 Å². The van der Waals surface area contributed by atoms with Crippen LogP contribution in [0.4, 0.5) is 4.79 Å². The highest BCUT2D eigenvalue weighted by molar-refractivity contribution is 5.68. The molecule has 0 aromatic heterocycles. The average Bonchev–Trinajstić information content (AvgIpc) is 2.36. The van der Waals surface area contributed by atoms with Crippen LogP contribution in [0.5, 0.6) is 0 Å². The highest BCUT2D eigenvalue weighted by atomic mass is 16.7. The molecule has 6 heteroatoms. The molecule has 0 aromatic rings. The Morgan fingerprint density at radius 2 is 2.14 bits per heavy atom. The third-order valence-electron chi connectivity index (χ3n) is 2.39. The Morgan fingerprint density at radius 1 is 1.52 bits per heavy atom. The molecule has 0 aliphatic rings. The fraction of sp³-hybridized carbons (Fsp3) is 0.667. The zero-order chi connectivity index (χ0) is 16.5. The first-order valence-corrected chi connectivity index (χ1v) is 6.59. The summed E-state index contributed by atoms with van der Waals surface area (Å²) in [7, 11) is 1.47. The van der Waals surface area contributed by atoms with Crippen LogP contribution in [0.2, 0.25) is 0 Å². The SMILES string of the molecule is C#CCC(O)[C@H](NC(=O)OC(C)(C)C)C(C=C)OCOC. The minimum absolute atomic E-state index is 0.00798. The molecule has 0 saturated heterocycles. The van der Waals surface area contributed by atoms with Crippen LogP contribution in [-0.4, -0.2) is 49.0 Å². The lowest BCUT2D eigenvalue weighted by Crippen LogP contribution is -2.52. The van der Waals surface area contributed by atoms with E-state index in [1.54, 1.807) is 20.8 Å². The third kappa shape index (κ3) is 8.35. The predicted octanol–water partition coefficient (Wildman–Crippen LogP) is 1.44. The van der Waals surface area contributed by atoms with Crippen LogP contribution in [0.25, 0.3) is 0 Å². The van der Waals surface area contributed by atoms with E-state index in [4.69, 9.17) is 20.6 Å². The number of alkyl carbamates (subject to hydrolysis) is 1. The summed E-state index contributed by atoms with van der Waals surface area (Å²) in [6.45, 7) is 8.84. The Hall–Kier alpha value is -1.55. The lowest BCUT2D eigenvalue weighted by molar-refractivity contribution is -0.0799. The number of hydrogen-bond acceptors (Lipinski definition) is 5. The van der Waals surface area contributed by atoms with Gasteiger partial charge >= 0.3 is 6.09 Å². The van der Waals surface area contributed by atoms with Crippen molar-refractivity contribution in [1.82, 2.24) is 5.32 Å². The number of carbonyl (C=O) groups is 1. The summed E-state index contributed by atoms with van der Waals surface area (Å²) >= 11 is 0. The number of hydrogen-bond donors (Lipinski definition) is 2. The number of ether oxygens (including phenoxy) is 3. The van der Waals surface area contributed by atoms with Gasteiger partial charge in [0, 0.05) is 13.5 Å². The zero-order valence-electron chi connectivity index (χ0n) is 13.1. The second-order valence-electron chi connectivity index (χ2n) is 5.42. The topological polar surface area (TPSA) is 77.0 Å². The first-order chi connectivity index (χ1) is 9.75. The maximum Gasteiger partial charge on any atom is 0.408 e. The molecule has 0 aliphatic heterocycles. The van der Waals surface area contributed by atoms with E-state index >= 15 is 0 Å². The maximum absolute atomic E-state index is 11.9. The fourth-order valence-corrected chi connectivity index (χ4v) is 1.55. The van der Waals surface area contributed by atoms with Crippen LogP contribution in [0, 0.1) is 12.3 Å². The molecule has 0 spiro atoms. The quantitative estimate of drug-likeness (QED) is 0.403. The van der Waals surface area contributed by atoms with Gasteiger partial charge in [-0.25, -0.2) is 4.79 Å². The minimum atomic E-state index is -0.998. The van der Waals surface area contributed by atoms with Crippen molar-refractivity contribution in [2.45, 2.75) is 51.0 Å². The molecule has 120 valence electrons. The van der Waals surface area contributed by atoms with Crippen molar-refractivity contribution in [3.05, 3.63) is 12.7 Å². The maximum atomic E-state index is 11.9.